The molecule has 136 valence electrons. The zero-order chi connectivity index (χ0) is 18.7. The summed E-state index contributed by atoms with van der Waals surface area (Å²) in [6, 6.07) is 9.87. The van der Waals surface area contributed by atoms with Gasteiger partial charge >= 0.3 is 0 Å². The molecule has 8 heteroatoms. The second-order valence-electron chi connectivity index (χ2n) is 5.59. The maximum atomic E-state index is 12.4. The molecular weight excluding hydrogens is 360 g/mol. The van der Waals surface area contributed by atoms with Crippen molar-refractivity contribution in [3.05, 3.63) is 41.4 Å². The third kappa shape index (κ3) is 4.00. The third-order valence-corrected chi connectivity index (χ3v) is 3.92. The van der Waals surface area contributed by atoms with Crippen LogP contribution in [0.5, 0.6) is 17.2 Å². The number of carbonyl (C=O) groups excluding carboxylic acids is 2. The molecule has 2 N–H and O–H groups in total. The highest BCUT2D eigenvalue weighted by Gasteiger charge is 2.20. The zero-order valence-corrected chi connectivity index (χ0v) is 14.9. The van der Waals surface area contributed by atoms with Gasteiger partial charge in [0.05, 0.1) is 18.5 Å². The van der Waals surface area contributed by atoms with Crippen molar-refractivity contribution >= 4 is 34.8 Å². The SMILES string of the molecule is COc1ccc(Cl)cc1NC(=O)C(C)Oc1ccc2c(c1)NC(=O)CO2. The number of hydrogen-bond acceptors (Lipinski definition) is 5. The molecule has 1 unspecified atom stereocenters. The van der Waals surface area contributed by atoms with E-state index in [9.17, 15) is 9.59 Å². The van der Waals surface area contributed by atoms with E-state index in [1.54, 1.807) is 43.3 Å². The number of nitrogens with one attached hydrogen (secondary N) is 2. The van der Waals surface area contributed by atoms with Gasteiger partial charge in [-0.25, -0.2) is 0 Å². The number of fused-ring (bicyclic) bond motifs is 1. The number of carbonyl (C=O) groups is 2. The molecule has 0 bridgehead atoms. The summed E-state index contributed by atoms with van der Waals surface area (Å²) in [4.78, 5) is 23.8. The van der Waals surface area contributed by atoms with Crippen molar-refractivity contribution in [3.63, 3.8) is 0 Å². The molecule has 0 fully saturated rings. The minimum atomic E-state index is -0.794. The standard InChI is InChI=1S/C18H17ClN2O5/c1-10(18(23)21-13-7-11(19)3-5-15(13)24-2)26-12-4-6-16-14(8-12)20-17(22)9-25-16/h3-8,10H,9H2,1-2H3,(H,20,22)(H,21,23). The largest absolute Gasteiger partial charge is 0.495 e. The average molecular weight is 377 g/mol. The molecule has 1 heterocycles. The summed E-state index contributed by atoms with van der Waals surface area (Å²) in [5.41, 5.74) is 0.953. The minimum absolute atomic E-state index is 0.0204. The summed E-state index contributed by atoms with van der Waals surface area (Å²) in [5, 5.41) is 5.88. The summed E-state index contributed by atoms with van der Waals surface area (Å²) in [6.07, 6.45) is -0.794. The highest BCUT2D eigenvalue weighted by atomic mass is 35.5. The lowest BCUT2D eigenvalue weighted by Gasteiger charge is -2.20. The topological polar surface area (TPSA) is 85.9 Å². The van der Waals surface area contributed by atoms with Gasteiger partial charge in [-0.15, -0.1) is 0 Å². The van der Waals surface area contributed by atoms with E-state index in [0.717, 1.165) is 0 Å². The van der Waals surface area contributed by atoms with Crippen LogP contribution in [0.1, 0.15) is 6.92 Å². The van der Waals surface area contributed by atoms with Gasteiger partial charge in [0.15, 0.2) is 12.7 Å². The maximum absolute atomic E-state index is 12.4. The van der Waals surface area contributed by atoms with Crippen LogP contribution in [0.25, 0.3) is 0 Å². The van der Waals surface area contributed by atoms with Crippen LogP contribution < -0.4 is 24.8 Å². The van der Waals surface area contributed by atoms with Crippen molar-refractivity contribution in [3.8, 4) is 17.2 Å². The highest BCUT2D eigenvalue weighted by molar-refractivity contribution is 6.31. The van der Waals surface area contributed by atoms with Crippen LogP contribution in [0.3, 0.4) is 0 Å². The van der Waals surface area contributed by atoms with Crippen molar-refractivity contribution in [1.29, 1.82) is 0 Å². The van der Waals surface area contributed by atoms with Gasteiger partial charge in [0.1, 0.15) is 17.2 Å². The molecule has 0 spiro atoms. The molecule has 2 aromatic rings. The zero-order valence-electron chi connectivity index (χ0n) is 14.2. The predicted molar refractivity (Wildman–Crippen MR) is 97.3 cm³/mol. The molecule has 0 saturated carbocycles. The first-order valence-corrected chi connectivity index (χ1v) is 8.22. The number of methoxy groups -OCH3 is 1. The quantitative estimate of drug-likeness (QED) is 0.837. The predicted octanol–water partition coefficient (Wildman–Crippen LogP) is 3.09. The Morgan fingerprint density at radius 1 is 1.31 bits per heavy atom. The Balaban J connectivity index is 1.69. The number of benzene rings is 2. The van der Waals surface area contributed by atoms with Crippen LogP contribution in [0.15, 0.2) is 36.4 Å². The van der Waals surface area contributed by atoms with Crippen LogP contribution >= 0.6 is 11.6 Å². The van der Waals surface area contributed by atoms with Crippen molar-refractivity contribution in [2.24, 2.45) is 0 Å². The van der Waals surface area contributed by atoms with Crippen LogP contribution in [-0.2, 0) is 9.59 Å². The van der Waals surface area contributed by atoms with Gasteiger partial charge in [0.25, 0.3) is 11.8 Å². The molecule has 7 nitrogen and oxygen atoms in total. The lowest BCUT2D eigenvalue weighted by molar-refractivity contribution is -0.122. The molecule has 26 heavy (non-hydrogen) atoms. The molecule has 0 saturated heterocycles. The van der Waals surface area contributed by atoms with Crippen molar-refractivity contribution in [2.75, 3.05) is 24.4 Å². The van der Waals surface area contributed by atoms with Gasteiger partial charge < -0.3 is 24.8 Å². The third-order valence-electron chi connectivity index (χ3n) is 3.69. The number of ether oxygens (including phenoxy) is 3. The Labute approximate surface area is 155 Å². The molecular formula is C18H17ClN2O5. The van der Waals surface area contributed by atoms with E-state index in [4.69, 9.17) is 25.8 Å². The first-order chi connectivity index (χ1) is 12.5. The highest BCUT2D eigenvalue weighted by Crippen LogP contribution is 2.32. The van der Waals surface area contributed by atoms with E-state index in [-0.39, 0.29) is 18.4 Å². The Bertz CT molecular complexity index is 855. The molecule has 1 atom stereocenters. The summed E-state index contributed by atoms with van der Waals surface area (Å²) in [7, 11) is 1.50. The van der Waals surface area contributed by atoms with Gasteiger partial charge in [0.2, 0.25) is 0 Å². The molecule has 3 rings (SSSR count). The fourth-order valence-electron chi connectivity index (χ4n) is 2.41. The second kappa shape index (κ2) is 7.53. The van der Waals surface area contributed by atoms with E-state index in [1.165, 1.54) is 7.11 Å². The number of rotatable bonds is 5. The first kappa shape index (κ1) is 17.9. The van der Waals surface area contributed by atoms with Gasteiger partial charge in [0, 0.05) is 11.1 Å². The van der Waals surface area contributed by atoms with Gasteiger partial charge in [-0.1, -0.05) is 11.6 Å². The first-order valence-electron chi connectivity index (χ1n) is 7.84. The Morgan fingerprint density at radius 3 is 2.88 bits per heavy atom. The minimum Gasteiger partial charge on any atom is -0.495 e. The van der Waals surface area contributed by atoms with E-state index >= 15 is 0 Å². The number of halogens is 1. The van der Waals surface area contributed by atoms with Crippen molar-refractivity contribution in [2.45, 2.75) is 13.0 Å². The monoisotopic (exact) mass is 376 g/mol. The second-order valence-corrected chi connectivity index (χ2v) is 6.03. The molecule has 1 aliphatic rings. The fraction of sp³-hybridized carbons (Fsp3) is 0.222. The van der Waals surface area contributed by atoms with Crippen LogP contribution in [0.2, 0.25) is 5.02 Å². The molecule has 0 aromatic heterocycles. The van der Waals surface area contributed by atoms with Gasteiger partial charge in [-0.3, -0.25) is 9.59 Å². The Hall–Kier alpha value is -2.93. The van der Waals surface area contributed by atoms with Crippen molar-refractivity contribution < 1.29 is 23.8 Å². The number of amides is 2. The fourth-order valence-corrected chi connectivity index (χ4v) is 2.58. The molecule has 0 radical (unpaired) electrons. The summed E-state index contributed by atoms with van der Waals surface area (Å²) in [5.74, 6) is 0.855. The van der Waals surface area contributed by atoms with Gasteiger partial charge in [-0.2, -0.15) is 0 Å². The summed E-state index contributed by atoms with van der Waals surface area (Å²) >= 11 is 5.96. The van der Waals surface area contributed by atoms with Crippen LogP contribution in [0.4, 0.5) is 11.4 Å². The maximum Gasteiger partial charge on any atom is 0.265 e. The van der Waals surface area contributed by atoms with Crippen LogP contribution in [0, 0.1) is 0 Å². The van der Waals surface area contributed by atoms with Crippen LogP contribution in [-0.4, -0.2) is 31.6 Å². The van der Waals surface area contributed by atoms with E-state index in [1.807, 2.05) is 0 Å². The smallest absolute Gasteiger partial charge is 0.265 e. The molecule has 2 aromatic carbocycles. The molecule has 2 amide bonds. The summed E-state index contributed by atoms with van der Waals surface area (Å²) in [6.45, 7) is 1.59. The van der Waals surface area contributed by atoms with E-state index in [0.29, 0.717) is 33.6 Å². The van der Waals surface area contributed by atoms with E-state index in [2.05, 4.69) is 10.6 Å². The lowest BCUT2D eigenvalue weighted by Crippen LogP contribution is -2.30. The lowest BCUT2D eigenvalue weighted by atomic mass is 10.2. The number of anilines is 2. The van der Waals surface area contributed by atoms with E-state index < -0.39 is 6.10 Å². The van der Waals surface area contributed by atoms with Gasteiger partial charge in [-0.05, 0) is 37.3 Å². The molecule has 1 aliphatic heterocycles. The van der Waals surface area contributed by atoms with Crippen molar-refractivity contribution in [1.82, 2.24) is 0 Å². The molecule has 0 aliphatic carbocycles. The average Bonchev–Trinajstić information content (AvgIpc) is 2.61. The number of hydrogen-bond donors (Lipinski definition) is 2. The summed E-state index contributed by atoms with van der Waals surface area (Å²) < 4.78 is 16.1. The Morgan fingerprint density at radius 2 is 2.12 bits per heavy atom. The normalized spacial score (nSPS) is 13.7. The Kier molecular flexibility index (Phi) is 5.18.